The van der Waals surface area contributed by atoms with E-state index in [4.69, 9.17) is 0 Å². The van der Waals surface area contributed by atoms with Gasteiger partial charge in [-0.1, -0.05) is 23.8 Å². The van der Waals surface area contributed by atoms with Gasteiger partial charge in [0, 0.05) is 23.8 Å². The Bertz CT molecular complexity index is 671. The fraction of sp³-hybridized carbons (Fsp3) is 0.421. The zero-order valence-corrected chi connectivity index (χ0v) is 13.1. The number of rotatable bonds is 4. The van der Waals surface area contributed by atoms with Crippen molar-refractivity contribution in [3.05, 3.63) is 47.2 Å². The van der Waals surface area contributed by atoms with Gasteiger partial charge in [0.15, 0.2) is 0 Å². The predicted octanol–water partition coefficient (Wildman–Crippen LogP) is 5.15. The van der Waals surface area contributed by atoms with Crippen LogP contribution in [0.15, 0.2) is 36.0 Å². The highest BCUT2D eigenvalue weighted by molar-refractivity contribution is 5.95. The lowest BCUT2D eigenvalue weighted by Crippen LogP contribution is -2.05. The Kier molecular flexibility index (Phi) is 4.23. The van der Waals surface area contributed by atoms with Crippen LogP contribution in [0.2, 0.25) is 0 Å². The number of fused-ring (bicyclic) bond motifs is 1. The van der Waals surface area contributed by atoms with Crippen molar-refractivity contribution < 1.29 is 0 Å². The molecular weight excluding hydrogens is 256 g/mol. The number of pyridine rings is 1. The molecule has 0 saturated carbocycles. The number of aryl methyl sites for hydroxylation is 2. The maximum absolute atomic E-state index is 4.55. The lowest BCUT2D eigenvalue weighted by Gasteiger charge is -2.15. The van der Waals surface area contributed by atoms with E-state index in [1.165, 1.54) is 47.9 Å². The average molecular weight is 280 g/mol. The van der Waals surface area contributed by atoms with Crippen molar-refractivity contribution in [2.45, 2.75) is 46.0 Å². The molecule has 0 radical (unpaired) electrons. The molecule has 1 aliphatic carbocycles. The molecule has 0 amide bonds. The minimum Gasteiger partial charge on any atom is -0.384 e. The van der Waals surface area contributed by atoms with Crippen LogP contribution < -0.4 is 5.32 Å². The summed E-state index contributed by atoms with van der Waals surface area (Å²) >= 11 is 0. The second-order valence-electron chi connectivity index (χ2n) is 6.07. The van der Waals surface area contributed by atoms with Crippen molar-refractivity contribution in [2.24, 2.45) is 0 Å². The standard InChI is InChI=1S/C19H24N2/c1-14-8-9-15(2)19-18(14)17(11-13-21-19)20-12-10-16-6-4-3-5-7-16/h6,8-9,11,13H,3-5,7,10,12H2,1-2H3,(H,20,21). The van der Waals surface area contributed by atoms with Gasteiger partial charge >= 0.3 is 0 Å². The SMILES string of the molecule is Cc1ccc(C)c2c(NCCC3=CCCCC3)ccnc12. The molecule has 0 fully saturated rings. The molecule has 0 aliphatic heterocycles. The Balaban J connectivity index is 1.78. The van der Waals surface area contributed by atoms with Crippen molar-refractivity contribution in [3.8, 4) is 0 Å². The van der Waals surface area contributed by atoms with Crippen LogP contribution in [-0.2, 0) is 0 Å². The van der Waals surface area contributed by atoms with E-state index in [0.29, 0.717) is 0 Å². The van der Waals surface area contributed by atoms with Gasteiger partial charge in [-0.3, -0.25) is 4.98 Å². The summed E-state index contributed by atoms with van der Waals surface area (Å²) in [6, 6.07) is 6.44. The Hall–Kier alpha value is -1.83. The van der Waals surface area contributed by atoms with Gasteiger partial charge in [0.05, 0.1) is 5.52 Å². The molecule has 0 bridgehead atoms. The number of benzene rings is 1. The molecule has 0 saturated heterocycles. The number of anilines is 1. The van der Waals surface area contributed by atoms with E-state index in [0.717, 1.165) is 18.5 Å². The minimum atomic E-state index is 1.01. The van der Waals surface area contributed by atoms with Gasteiger partial charge in [0.25, 0.3) is 0 Å². The fourth-order valence-electron chi connectivity index (χ4n) is 3.21. The summed E-state index contributed by atoms with van der Waals surface area (Å²) in [5.74, 6) is 0. The first-order chi connectivity index (χ1) is 10.3. The van der Waals surface area contributed by atoms with Crippen LogP contribution in [0.3, 0.4) is 0 Å². The third kappa shape index (κ3) is 3.10. The number of allylic oxidation sites excluding steroid dienone is 1. The van der Waals surface area contributed by atoms with Gasteiger partial charge in [-0.25, -0.2) is 0 Å². The lowest BCUT2D eigenvalue weighted by molar-refractivity contribution is 0.679. The second-order valence-corrected chi connectivity index (χ2v) is 6.07. The van der Waals surface area contributed by atoms with Crippen LogP contribution in [-0.4, -0.2) is 11.5 Å². The van der Waals surface area contributed by atoms with E-state index in [1.807, 2.05) is 6.20 Å². The molecule has 2 heteroatoms. The number of aromatic nitrogens is 1. The number of nitrogens with one attached hydrogen (secondary N) is 1. The van der Waals surface area contributed by atoms with E-state index >= 15 is 0 Å². The predicted molar refractivity (Wildman–Crippen MR) is 90.9 cm³/mol. The normalized spacial score (nSPS) is 15.0. The van der Waals surface area contributed by atoms with E-state index in [-0.39, 0.29) is 0 Å². The van der Waals surface area contributed by atoms with E-state index in [2.05, 4.69) is 48.4 Å². The number of hydrogen-bond acceptors (Lipinski definition) is 2. The molecule has 1 N–H and O–H groups in total. The molecule has 3 rings (SSSR count). The maximum atomic E-state index is 4.55. The van der Waals surface area contributed by atoms with Gasteiger partial charge in [0.2, 0.25) is 0 Å². The first-order valence-corrected chi connectivity index (χ1v) is 8.02. The summed E-state index contributed by atoms with van der Waals surface area (Å²) < 4.78 is 0. The van der Waals surface area contributed by atoms with Gasteiger partial charge < -0.3 is 5.32 Å². The highest BCUT2D eigenvalue weighted by atomic mass is 14.9. The van der Waals surface area contributed by atoms with Crippen molar-refractivity contribution in [3.63, 3.8) is 0 Å². The Morgan fingerprint density at radius 3 is 2.76 bits per heavy atom. The summed E-state index contributed by atoms with van der Waals surface area (Å²) in [5, 5.41) is 4.90. The second kappa shape index (κ2) is 6.30. The van der Waals surface area contributed by atoms with Crippen molar-refractivity contribution in [1.29, 1.82) is 0 Å². The summed E-state index contributed by atoms with van der Waals surface area (Å²) in [6.07, 6.45) is 10.8. The third-order valence-electron chi connectivity index (χ3n) is 4.45. The smallest absolute Gasteiger partial charge is 0.0754 e. The van der Waals surface area contributed by atoms with Crippen LogP contribution in [0.4, 0.5) is 5.69 Å². The zero-order valence-electron chi connectivity index (χ0n) is 13.1. The molecule has 1 aromatic heterocycles. The van der Waals surface area contributed by atoms with E-state index < -0.39 is 0 Å². The van der Waals surface area contributed by atoms with E-state index in [1.54, 1.807) is 5.57 Å². The molecule has 0 atom stereocenters. The largest absolute Gasteiger partial charge is 0.384 e. The van der Waals surface area contributed by atoms with Gasteiger partial charge in [-0.05, 0) is 63.1 Å². The lowest BCUT2D eigenvalue weighted by atomic mass is 9.97. The first-order valence-electron chi connectivity index (χ1n) is 8.02. The maximum Gasteiger partial charge on any atom is 0.0754 e. The molecule has 2 nitrogen and oxygen atoms in total. The minimum absolute atomic E-state index is 1.01. The number of nitrogens with zero attached hydrogens (tertiary/aromatic N) is 1. The molecule has 0 spiro atoms. The highest BCUT2D eigenvalue weighted by Crippen LogP contribution is 2.28. The third-order valence-corrected chi connectivity index (χ3v) is 4.45. The van der Waals surface area contributed by atoms with Crippen LogP contribution >= 0.6 is 0 Å². The summed E-state index contributed by atoms with van der Waals surface area (Å²) in [7, 11) is 0. The van der Waals surface area contributed by atoms with E-state index in [9.17, 15) is 0 Å². The van der Waals surface area contributed by atoms with Crippen LogP contribution in [0.5, 0.6) is 0 Å². The average Bonchev–Trinajstić information content (AvgIpc) is 2.52. The Morgan fingerprint density at radius 2 is 1.95 bits per heavy atom. The topological polar surface area (TPSA) is 24.9 Å². The summed E-state index contributed by atoms with van der Waals surface area (Å²) in [4.78, 5) is 4.55. The zero-order chi connectivity index (χ0) is 14.7. The monoisotopic (exact) mass is 280 g/mol. The summed E-state index contributed by atoms with van der Waals surface area (Å²) in [6.45, 7) is 5.31. The highest BCUT2D eigenvalue weighted by Gasteiger charge is 2.08. The van der Waals surface area contributed by atoms with Crippen molar-refractivity contribution in [2.75, 3.05) is 11.9 Å². The summed E-state index contributed by atoms with van der Waals surface area (Å²) in [5.41, 5.74) is 6.51. The van der Waals surface area contributed by atoms with Crippen LogP contribution in [0, 0.1) is 13.8 Å². The van der Waals surface area contributed by atoms with Crippen LogP contribution in [0.25, 0.3) is 10.9 Å². The molecule has 21 heavy (non-hydrogen) atoms. The van der Waals surface area contributed by atoms with Gasteiger partial charge in [0.1, 0.15) is 0 Å². The Labute approximate surface area is 127 Å². The molecule has 1 heterocycles. The van der Waals surface area contributed by atoms with Gasteiger partial charge in [-0.15, -0.1) is 0 Å². The molecule has 0 unspecified atom stereocenters. The quantitative estimate of drug-likeness (QED) is 0.783. The first kappa shape index (κ1) is 14.1. The van der Waals surface area contributed by atoms with Crippen molar-refractivity contribution in [1.82, 2.24) is 4.98 Å². The number of hydrogen-bond donors (Lipinski definition) is 1. The molecule has 1 aromatic carbocycles. The molecule has 1 aliphatic rings. The van der Waals surface area contributed by atoms with Gasteiger partial charge in [-0.2, -0.15) is 0 Å². The van der Waals surface area contributed by atoms with Crippen molar-refractivity contribution >= 4 is 16.6 Å². The molecular formula is C19H24N2. The molecule has 2 aromatic rings. The Morgan fingerprint density at radius 1 is 1.10 bits per heavy atom. The fourth-order valence-corrected chi connectivity index (χ4v) is 3.21. The molecule has 110 valence electrons. The van der Waals surface area contributed by atoms with Crippen LogP contribution in [0.1, 0.15) is 43.2 Å².